The van der Waals surface area contributed by atoms with Crippen LogP contribution in [0.3, 0.4) is 0 Å². The lowest BCUT2D eigenvalue weighted by Gasteiger charge is -2.19. The Morgan fingerprint density at radius 2 is 2.00 bits per heavy atom. The largest absolute Gasteiger partial charge is 0.382 e. The molecule has 20 heavy (non-hydrogen) atoms. The highest BCUT2D eigenvalue weighted by molar-refractivity contribution is 5.46. The van der Waals surface area contributed by atoms with E-state index >= 15 is 0 Å². The number of aromatic nitrogens is 3. The minimum absolute atomic E-state index is 0.576. The van der Waals surface area contributed by atoms with Crippen molar-refractivity contribution < 1.29 is 0 Å². The van der Waals surface area contributed by atoms with Crippen LogP contribution in [0.5, 0.6) is 0 Å². The lowest BCUT2D eigenvalue weighted by molar-refractivity contribution is 0.586. The number of hydrogen-bond acceptors (Lipinski definition) is 3. The highest BCUT2D eigenvalue weighted by atomic mass is 15.3. The maximum atomic E-state index is 4.15. The molecule has 0 unspecified atom stereocenters. The Bertz CT molecular complexity index is 487. The maximum Gasteiger partial charge on any atom is 0.137 e. The Morgan fingerprint density at radius 3 is 2.65 bits per heavy atom. The molecule has 0 bridgehead atoms. The summed E-state index contributed by atoms with van der Waals surface area (Å²) in [6, 6.07) is 9.15. The predicted molar refractivity (Wildman–Crippen MR) is 82.8 cm³/mol. The average Bonchev–Trinajstić information content (AvgIpc) is 2.93. The molecule has 0 aliphatic heterocycles. The van der Waals surface area contributed by atoms with Gasteiger partial charge in [-0.2, -0.15) is 5.10 Å². The summed E-state index contributed by atoms with van der Waals surface area (Å²) >= 11 is 0. The molecule has 0 spiro atoms. The summed E-state index contributed by atoms with van der Waals surface area (Å²) in [5.74, 6) is 0. The van der Waals surface area contributed by atoms with E-state index < -0.39 is 0 Å². The van der Waals surface area contributed by atoms with Gasteiger partial charge in [-0.1, -0.05) is 38.8 Å². The zero-order valence-electron chi connectivity index (χ0n) is 12.4. The van der Waals surface area contributed by atoms with Crippen LogP contribution in [-0.2, 0) is 6.54 Å². The van der Waals surface area contributed by atoms with Gasteiger partial charge < -0.3 is 5.32 Å². The SMILES string of the molecule is CCCC(CCC)Nc1cccc(Cn2cncn2)c1. The van der Waals surface area contributed by atoms with Crippen LogP contribution >= 0.6 is 0 Å². The fourth-order valence-electron chi connectivity index (χ4n) is 2.48. The summed E-state index contributed by atoms with van der Waals surface area (Å²) in [5.41, 5.74) is 2.45. The first-order chi connectivity index (χ1) is 9.81. The lowest BCUT2D eigenvalue weighted by Crippen LogP contribution is -2.19. The van der Waals surface area contributed by atoms with Crippen LogP contribution in [0.4, 0.5) is 5.69 Å². The molecule has 1 N–H and O–H groups in total. The van der Waals surface area contributed by atoms with Gasteiger partial charge in [0.15, 0.2) is 0 Å². The third-order valence-corrected chi connectivity index (χ3v) is 3.38. The molecule has 0 radical (unpaired) electrons. The van der Waals surface area contributed by atoms with Crippen LogP contribution in [0.15, 0.2) is 36.9 Å². The monoisotopic (exact) mass is 272 g/mol. The molecule has 0 fully saturated rings. The van der Waals surface area contributed by atoms with Crippen LogP contribution in [0.2, 0.25) is 0 Å². The van der Waals surface area contributed by atoms with E-state index in [4.69, 9.17) is 0 Å². The van der Waals surface area contributed by atoms with Crippen molar-refractivity contribution in [2.75, 3.05) is 5.32 Å². The first-order valence-electron chi connectivity index (χ1n) is 7.49. The zero-order valence-corrected chi connectivity index (χ0v) is 12.4. The molecule has 2 rings (SSSR count). The molecule has 1 heterocycles. The first-order valence-corrected chi connectivity index (χ1v) is 7.49. The van der Waals surface area contributed by atoms with Crippen molar-refractivity contribution in [2.45, 2.75) is 52.1 Å². The highest BCUT2D eigenvalue weighted by Gasteiger charge is 2.06. The molecule has 0 saturated heterocycles. The van der Waals surface area contributed by atoms with Crippen molar-refractivity contribution >= 4 is 5.69 Å². The van der Waals surface area contributed by atoms with Crippen molar-refractivity contribution in [3.8, 4) is 0 Å². The van der Waals surface area contributed by atoms with E-state index in [0.29, 0.717) is 6.04 Å². The standard InChI is InChI=1S/C16H24N4/c1-3-6-15(7-4-2)19-16-9-5-8-14(10-16)11-20-13-17-12-18-20/h5,8-10,12-13,15,19H,3-4,6-7,11H2,1-2H3. The van der Waals surface area contributed by atoms with Gasteiger partial charge in [0.1, 0.15) is 12.7 Å². The Kier molecular flexibility index (Phi) is 5.59. The number of hydrogen-bond donors (Lipinski definition) is 1. The second kappa shape index (κ2) is 7.68. The molecule has 1 aromatic heterocycles. The van der Waals surface area contributed by atoms with Gasteiger partial charge >= 0.3 is 0 Å². The molecular formula is C16H24N4. The quantitative estimate of drug-likeness (QED) is 0.796. The summed E-state index contributed by atoms with van der Waals surface area (Å²) in [6.45, 7) is 5.25. The molecule has 4 heteroatoms. The van der Waals surface area contributed by atoms with E-state index in [1.54, 1.807) is 12.7 Å². The van der Waals surface area contributed by atoms with Crippen LogP contribution in [0.25, 0.3) is 0 Å². The van der Waals surface area contributed by atoms with E-state index in [1.165, 1.54) is 36.9 Å². The molecule has 0 amide bonds. The maximum absolute atomic E-state index is 4.15. The van der Waals surface area contributed by atoms with Gasteiger partial charge in [0.2, 0.25) is 0 Å². The molecule has 108 valence electrons. The van der Waals surface area contributed by atoms with Crippen molar-refractivity contribution in [1.82, 2.24) is 14.8 Å². The second-order valence-corrected chi connectivity index (χ2v) is 5.21. The number of benzene rings is 1. The van der Waals surface area contributed by atoms with E-state index in [9.17, 15) is 0 Å². The average molecular weight is 272 g/mol. The first kappa shape index (κ1) is 14.6. The lowest BCUT2D eigenvalue weighted by atomic mass is 10.1. The summed E-state index contributed by atoms with van der Waals surface area (Å²) in [7, 11) is 0. The van der Waals surface area contributed by atoms with Crippen molar-refractivity contribution in [3.63, 3.8) is 0 Å². The van der Waals surface area contributed by atoms with Gasteiger partial charge in [-0.25, -0.2) is 9.67 Å². The number of rotatable bonds is 8. The number of anilines is 1. The molecule has 0 atom stereocenters. The summed E-state index contributed by atoms with van der Waals surface area (Å²) in [6.07, 6.45) is 8.20. The molecular weight excluding hydrogens is 248 g/mol. The van der Waals surface area contributed by atoms with Gasteiger partial charge in [-0.3, -0.25) is 0 Å². The Labute approximate surface area is 121 Å². The molecule has 4 nitrogen and oxygen atoms in total. The van der Waals surface area contributed by atoms with Gasteiger partial charge in [0, 0.05) is 11.7 Å². The van der Waals surface area contributed by atoms with Gasteiger partial charge in [-0.05, 0) is 30.5 Å². The minimum atomic E-state index is 0.576. The van der Waals surface area contributed by atoms with E-state index in [1.807, 2.05) is 4.68 Å². The van der Waals surface area contributed by atoms with Crippen LogP contribution in [-0.4, -0.2) is 20.8 Å². The Morgan fingerprint density at radius 1 is 1.20 bits per heavy atom. The fraction of sp³-hybridized carbons (Fsp3) is 0.500. The van der Waals surface area contributed by atoms with E-state index in [0.717, 1.165) is 6.54 Å². The number of nitrogens with one attached hydrogen (secondary N) is 1. The van der Waals surface area contributed by atoms with Gasteiger partial charge in [0.05, 0.1) is 6.54 Å². The Hall–Kier alpha value is -1.84. The van der Waals surface area contributed by atoms with Gasteiger partial charge in [-0.15, -0.1) is 0 Å². The third-order valence-electron chi connectivity index (χ3n) is 3.38. The van der Waals surface area contributed by atoms with Crippen LogP contribution in [0.1, 0.15) is 45.1 Å². The molecule has 0 aliphatic carbocycles. The van der Waals surface area contributed by atoms with Crippen LogP contribution in [0, 0.1) is 0 Å². The summed E-state index contributed by atoms with van der Waals surface area (Å²) in [4.78, 5) is 3.97. The zero-order chi connectivity index (χ0) is 14.2. The third kappa shape index (κ3) is 4.37. The molecule has 0 saturated carbocycles. The minimum Gasteiger partial charge on any atom is -0.382 e. The van der Waals surface area contributed by atoms with E-state index in [2.05, 4.69) is 53.5 Å². The smallest absolute Gasteiger partial charge is 0.137 e. The normalized spacial score (nSPS) is 10.9. The van der Waals surface area contributed by atoms with Crippen molar-refractivity contribution in [1.29, 1.82) is 0 Å². The summed E-state index contributed by atoms with van der Waals surface area (Å²) < 4.78 is 1.84. The van der Waals surface area contributed by atoms with Gasteiger partial charge in [0.25, 0.3) is 0 Å². The fourth-order valence-corrected chi connectivity index (χ4v) is 2.48. The second-order valence-electron chi connectivity index (χ2n) is 5.21. The topological polar surface area (TPSA) is 42.7 Å². The highest BCUT2D eigenvalue weighted by Crippen LogP contribution is 2.16. The molecule has 0 aliphatic rings. The van der Waals surface area contributed by atoms with Crippen molar-refractivity contribution in [3.05, 3.63) is 42.5 Å². The Balaban J connectivity index is 2.01. The molecule has 1 aromatic carbocycles. The van der Waals surface area contributed by atoms with Crippen LogP contribution < -0.4 is 5.32 Å². The molecule has 2 aromatic rings. The summed E-state index contributed by atoms with van der Waals surface area (Å²) in [5, 5.41) is 7.80. The van der Waals surface area contributed by atoms with E-state index in [-0.39, 0.29) is 0 Å². The van der Waals surface area contributed by atoms with Crippen molar-refractivity contribution in [2.24, 2.45) is 0 Å². The number of nitrogens with zero attached hydrogens (tertiary/aromatic N) is 3. The predicted octanol–water partition coefficient (Wildman–Crippen LogP) is 3.71.